The van der Waals surface area contributed by atoms with Crippen LogP contribution in [0, 0.1) is 6.92 Å². The smallest absolute Gasteiger partial charge is 0.162 e. The quantitative estimate of drug-likeness (QED) is 0.944. The first-order valence-electron chi connectivity index (χ1n) is 7.09. The molecule has 0 atom stereocenters. The highest BCUT2D eigenvalue weighted by molar-refractivity contribution is 7.99. The summed E-state index contributed by atoms with van der Waals surface area (Å²) in [6.07, 6.45) is 0.909. The Morgan fingerprint density at radius 3 is 2.81 bits per heavy atom. The summed E-state index contributed by atoms with van der Waals surface area (Å²) in [7, 11) is 0. The fourth-order valence-electron chi connectivity index (χ4n) is 2.21. The molecule has 0 saturated heterocycles. The Hall–Kier alpha value is -1.82. The van der Waals surface area contributed by atoms with Gasteiger partial charge in [0.05, 0.1) is 24.6 Å². The summed E-state index contributed by atoms with van der Waals surface area (Å²) in [4.78, 5) is 1.07. The second-order valence-electron chi connectivity index (χ2n) is 4.88. The van der Waals surface area contributed by atoms with Gasteiger partial charge in [0.1, 0.15) is 5.03 Å². The molecule has 1 aliphatic rings. The lowest BCUT2D eigenvalue weighted by molar-refractivity contribution is 0.297. The Morgan fingerprint density at radius 1 is 1.29 bits per heavy atom. The van der Waals surface area contributed by atoms with Gasteiger partial charge in [0.15, 0.2) is 11.5 Å². The summed E-state index contributed by atoms with van der Waals surface area (Å²) in [6, 6.07) is 5.99. The molecular weight excluding hydrogens is 286 g/mol. The average Bonchev–Trinajstić information content (AvgIpc) is 2.69. The van der Waals surface area contributed by atoms with E-state index < -0.39 is 0 Å². The molecule has 1 aromatic heterocycles. The van der Waals surface area contributed by atoms with Crippen LogP contribution in [-0.4, -0.2) is 23.0 Å². The van der Waals surface area contributed by atoms with E-state index in [0.29, 0.717) is 13.2 Å². The molecule has 2 N–H and O–H groups in total. The predicted octanol–water partition coefficient (Wildman–Crippen LogP) is 3.11. The molecule has 21 heavy (non-hydrogen) atoms. The lowest BCUT2D eigenvalue weighted by Crippen LogP contribution is -1.99. The molecule has 6 heteroatoms. The summed E-state index contributed by atoms with van der Waals surface area (Å²) < 4.78 is 13.3. The normalized spacial score (nSPS) is 14.0. The number of fused-ring (bicyclic) bond motifs is 1. The third-order valence-electron chi connectivity index (χ3n) is 3.36. The average molecular weight is 305 g/mol. The molecule has 2 heterocycles. The van der Waals surface area contributed by atoms with Crippen molar-refractivity contribution in [1.82, 2.24) is 9.78 Å². The van der Waals surface area contributed by atoms with Crippen molar-refractivity contribution in [2.24, 2.45) is 0 Å². The van der Waals surface area contributed by atoms with Crippen molar-refractivity contribution in [2.75, 3.05) is 18.9 Å². The Bertz CT molecular complexity index is 655. The van der Waals surface area contributed by atoms with Crippen LogP contribution in [0.5, 0.6) is 11.5 Å². The second kappa shape index (κ2) is 5.89. The first-order valence-corrected chi connectivity index (χ1v) is 7.91. The van der Waals surface area contributed by atoms with Crippen LogP contribution in [0.2, 0.25) is 0 Å². The number of ether oxygens (including phenoxy) is 2. The van der Waals surface area contributed by atoms with Crippen LogP contribution in [0.3, 0.4) is 0 Å². The van der Waals surface area contributed by atoms with E-state index in [2.05, 4.69) is 12.0 Å². The summed E-state index contributed by atoms with van der Waals surface area (Å²) in [6.45, 7) is 6.18. The molecule has 0 fully saturated rings. The number of benzene rings is 1. The fourth-order valence-corrected chi connectivity index (χ4v) is 3.27. The van der Waals surface area contributed by atoms with Crippen LogP contribution in [-0.2, 0) is 6.54 Å². The topological polar surface area (TPSA) is 62.3 Å². The highest BCUT2D eigenvalue weighted by Gasteiger charge is 2.15. The minimum absolute atomic E-state index is 0.690. The molecule has 0 radical (unpaired) electrons. The van der Waals surface area contributed by atoms with Crippen molar-refractivity contribution >= 4 is 17.4 Å². The zero-order valence-electron chi connectivity index (χ0n) is 12.3. The zero-order chi connectivity index (χ0) is 14.8. The summed E-state index contributed by atoms with van der Waals surface area (Å²) >= 11 is 1.61. The van der Waals surface area contributed by atoms with Crippen molar-refractivity contribution in [3.63, 3.8) is 0 Å². The van der Waals surface area contributed by atoms with Crippen molar-refractivity contribution in [1.29, 1.82) is 0 Å². The Morgan fingerprint density at radius 2 is 2.05 bits per heavy atom. The number of aromatic nitrogens is 2. The number of nitrogens with zero attached hydrogens (tertiary/aromatic N) is 2. The first kappa shape index (κ1) is 14.1. The highest BCUT2D eigenvalue weighted by atomic mass is 32.2. The standard InChI is InChI=1S/C15H19N3O2S/c1-3-18-15(14(16)10(2)17-18)21-11-5-6-12-13(9-11)20-8-4-7-19-12/h5-6,9H,3-4,7-8,16H2,1-2H3. The number of rotatable bonds is 3. The van der Waals surface area contributed by atoms with E-state index >= 15 is 0 Å². The minimum Gasteiger partial charge on any atom is -0.490 e. The van der Waals surface area contributed by atoms with Crippen LogP contribution in [0.4, 0.5) is 5.69 Å². The van der Waals surface area contributed by atoms with E-state index in [1.54, 1.807) is 11.8 Å². The maximum Gasteiger partial charge on any atom is 0.162 e. The van der Waals surface area contributed by atoms with Gasteiger partial charge in [-0.3, -0.25) is 4.68 Å². The van der Waals surface area contributed by atoms with Gasteiger partial charge in [0.25, 0.3) is 0 Å². The van der Waals surface area contributed by atoms with Crippen molar-refractivity contribution in [3.8, 4) is 11.5 Å². The maximum atomic E-state index is 6.13. The van der Waals surface area contributed by atoms with E-state index in [0.717, 1.165) is 45.8 Å². The van der Waals surface area contributed by atoms with Gasteiger partial charge in [-0.15, -0.1) is 0 Å². The van der Waals surface area contributed by atoms with E-state index in [-0.39, 0.29) is 0 Å². The fraction of sp³-hybridized carbons (Fsp3) is 0.400. The summed E-state index contributed by atoms with van der Waals surface area (Å²) in [5.41, 5.74) is 7.74. The molecule has 0 unspecified atom stereocenters. The number of anilines is 1. The first-order chi connectivity index (χ1) is 10.2. The molecule has 0 amide bonds. The van der Waals surface area contributed by atoms with Gasteiger partial charge >= 0.3 is 0 Å². The van der Waals surface area contributed by atoms with Gasteiger partial charge in [-0.1, -0.05) is 11.8 Å². The lowest BCUT2D eigenvalue weighted by Gasteiger charge is -2.10. The molecule has 112 valence electrons. The van der Waals surface area contributed by atoms with E-state index in [1.165, 1.54) is 0 Å². The van der Waals surface area contributed by atoms with E-state index in [1.807, 2.05) is 29.8 Å². The van der Waals surface area contributed by atoms with Crippen LogP contribution in [0.25, 0.3) is 0 Å². The van der Waals surface area contributed by atoms with Crippen LogP contribution >= 0.6 is 11.8 Å². The second-order valence-corrected chi connectivity index (χ2v) is 5.94. The van der Waals surface area contributed by atoms with Gasteiger partial charge in [0.2, 0.25) is 0 Å². The van der Waals surface area contributed by atoms with Gasteiger partial charge in [-0.25, -0.2) is 0 Å². The molecular formula is C15H19N3O2S. The Kier molecular flexibility index (Phi) is 3.96. The third kappa shape index (κ3) is 2.81. The van der Waals surface area contributed by atoms with Crippen LogP contribution in [0.15, 0.2) is 28.1 Å². The molecule has 1 aromatic carbocycles. The number of nitrogen functional groups attached to an aromatic ring is 1. The van der Waals surface area contributed by atoms with Crippen molar-refractivity contribution in [3.05, 3.63) is 23.9 Å². The molecule has 2 aromatic rings. The predicted molar refractivity (Wildman–Crippen MR) is 83.2 cm³/mol. The molecule has 5 nitrogen and oxygen atoms in total. The number of nitrogens with two attached hydrogens (primary N) is 1. The third-order valence-corrected chi connectivity index (χ3v) is 4.47. The SMILES string of the molecule is CCn1nc(C)c(N)c1Sc1ccc2c(c1)OCCCO2. The molecule has 0 bridgehead atoms. The lowest BCUT2D eigenvalue weighted by atomic mass is 10.3. The van der Waals surface area contributed by atoms with Gasteiger partial charge < -0.3 is 15.2 Å². The Labute approximate surface area is 128 Å². The molecule has 0 saturated carbocycles. The summed E-state index contributed by atoms with van der Waals surface area (Å²) in [5, 5.41) is 5.42. The number of hydrogen-bond acceptors (Lipinski definition) is 5. The number of hydrogen-bond donors (Lipinski definition) is 1. The Balaban J connectivity index is 1.90. The largest absolute Gasteiger partial charge is 0.490 e. The minimum atomic E-state index is 0.690. The molecule has 0 aliphatic carbocycles. The maximum absolute atomic E-state index is 6.13. The van der Waals surface area contributed by atoms with E-state index in [4.69, 9.17) is 15.2 Å². The highest BCUT2D eigenvalue weighted by Crippen LogP contribution is 2.39. The zero-order valence-corrected chi connectivity index (χ0v) is 13.1. The molecule has 3 rings (SSSR count). The van der Waals surface area contributed by atoms with Crippen molar-refractivity contribution in [2.45, 2.75) is 36.7 Å². The monoisotopic (exact) mass is 305 g/mol. The van der Waals surface area contributed by atoms with Crippen LogP contribution in [0.1, 0.15) is 19.0 Å². The van der Waals surface area contributed by atoms with Crippen LogP contribution < -0.4 is 15.2 Å². The van der Waals surface area contributed by atoms with Crippen molar-refractivity contribution < 1.29 is 9.47 Å². The molecule has 1 aliphatic heterocycles. The number of aryl methyl sites for hydroxylation is 2. The molecule has 0 spiro atoms. The summed E-state index contributed by atoms with van der Waals surface area (Å²) in [5.74, 6) is 1.61. The van der Waals surface area contributed by atoms with Gasteiger partial charge in [-0.05, 0) is 32.0 Å². The van der Waals surface area contributed by atoms with E-state index in [9.17, 15) is 0 Å². The van der Waals surface area contributed by atoms with Gasteiger partial charge in [-0.2, -0.15) is 5.10 Å². The van der Waals surface area contributed by atoms with Gasteiger partial charge in [0, 0.05) is 17.9 Å².